The van der Waals surface area contributed by atoms with Gasteiger partial charge in [-0.2, -0.15) is 0 Å². The van der Waals surface area contributed by atoms with E-state index in [1.165, 1.54) is 11.4 Å². The normalized spacial score (nSPS) is 15.8. The Morgan fingerprint density at radius 2 is 2.00 bits per heavy atom. The summed E-state index contributed by atoms with van der Waals surface area (Å²) < 4.78 is 2.00. The van der Waals surface area contributed by atoms with Gasteiger partial charge in [0.1, 0.15) is 12.4 Å². The molecule has 156 valence electrons. The van der Waals surface area contributed by atoms with Gasteiger partial charge in [-0.05, 0) is 24.3 Å². The number of thiophene rings is 1. The van der Waals surface area contributed by atoms with E-state index in [0.29, 0.717) is 12.5 Å². The van der Waals surface area contributed by atoms with Crippen LogP contribution in [0.3, 0.4) is 0 Å². The fraction of sp³-hybridized carbons (Fsp3) is 0.632. The number of aryl methyl sites for hydroxylation is 1. The number of hydrogen-bond acceptors (Lipinski definition) is 5. The lowest BCUT2D eigenvalue weighted by Gasteiger charge is -2.37. The van der Waals surface area contributed by atoms with Crippen LogP contribution in [0.25, 0.3) is 0 Å². The molecule has 1 N–H and O–H groups in total. The first-order valence-corrected chi connectivity index (χ1v) is 10.5. The molecule has 1 saturated heterocycles. The Labute approximate surface area is 189 Å². The average molecular weight is 517 g/mol. The average Bonchev–Trinajstić information content (AvgIpc) is 3.27. The van der Waals surface area contributed by atoms with E-state index in [2.05, 4.69) is 56.7 Å². The number of piperazine rings is 1. The Hall–Kier alpha value is -1.20. The van der Waals surface area contributed by atoms with Crippen molar-refractivity contribution >= 4 is 41.3 Å². The first-order valence-electron chi connectivity index (χ1n) is 9.65. The molecule has 9 heteroatoms. The number of hydrogen-bond donors (Lipinski definition) is 1. The van der Waals surface area contributed by atoms with Gasteiger partial charge in [0.25, 0.3) is 0 Å². The van der Waals surface area contributed by atoms with Crippen molar-refractivity contribution in [2.24, 2.45) is 18.0 Å². The SMILES string of the molecule is Cc1nnc(CN=C(NCc2cccs2)N2CCN(CC(C)C)CC2)n1C.I. The van der Waals surface area contributed by atoms with Crippen LogP contribution in [0.4, 0.5) is 0 Å². The summed E-state index contributed by atoms with van der Waals surface area (Å²) in [5.41, 5.74) is 0. The molecule has 0 saturated carbocycles. The molecule has 7 nitrogen and oxygen atoms in total. The number of nitrogens with one attached hydrogen (secondary N) is 1. The van der Waals surface area contributed by atoms with Crippen molar-refractivity contribution in [2.45, 2.75) is 33.9 Å². The molecule has 0 unspecified atom stereocenters. The summed E-state index contributed by atoms with van der Waals surface area (Å²) in [7, 11) is 1.99. The summed E-state index contributed by atoms with van der Waals surface area (Å²) in [4.78, 5) is 11.1. The molecule has 28 heavy (non-hydrogen) atoms. The Morgan fingerprint density at radius 1 is 1.25 bits per heavy atom. The topological polar surface area (TPSA) is 61.6 Å². The molecule has 3 heterocycles. The smallest absolute Gasteiger partial charge is 0.194 e. The molecule has 2 aromatic rings. The van der Waals surface area contributed by atoms with Crippen LogP contribution in [-0.4, -0.2) is 63.2 Å². The van der Waals surface area contributed by atoms with Crippen LogP contribution in [-0.2, 0) is 20.1 Å². The third-order valence-corrected chi connectivity index (χ3v) is 5.73. The van der Waals surface area contributed by atoms with Crippen molar-refractivity contribution in [2.75, 3.05) is 32.7 Å². The van der Waals surface area contributed by atoms with Crippen molar-refractivity contribution in [1.82, 2.24) is 29.9 Å². The highest BCUT2D eigenvalue weighted by atomic mass is 127. The fourth-order valence-corrected chi connectivity index (χ4v) is 3.88. The van der Waals surface area contributed by atoms with Crippen LogP contribution in [0.15, 0.2) is 22.5 Å². The number of guanidine groups is 1. The summed E-state index contributed by atoms with van der Waals surface area (Å²) >= 11 is 1.77. The highest BCUT2D eigenvalue weighted by Gasteiger charge is 2.20. The van der Waals surface area contributed by atoms with Crippen molar-refractivity contribution in [3.63, 3.8) is 0 Å². The number of aliphatic imine (C=N–C) groups is 1. The van der Waals surface area contributed by atoms with Gasteiger partial charge >= 0.3 is 0 Å². The molecular weight excluding hydrogens is 485 g/mol. The molecule has 0 amide bonds. The van der Waals surface area contributed by atoms with Gasteiger partial charge < -0.3 is 14.8 Å². The lowest BCUT2D eigenvalue weighted by Crippen LogP contribution is -2.52. The van der Waals surface area contributed by atoms with Crippen LogP contribution in [0, 0.1) is 12.8 Å². The maximum absolute atomic E-state index is 4.87. The minimum Gasteiger partial charge on any atom is -0.351 e. The molecule has 1 fully saturated rings. The Bertz CT molecular complexity index is 734. The maximum Gasteiger partial charge on any atom is 0.194 e. The fourth-order valence-electron chi connectivity index (χ4n) is 3.24. The van der Waals surface area contributed by atoms with Gasteiger partial charge in [-0.25, -0.2) is 4.99 Å². The van der Waals surface area contributed by atoms with Gasteiger partial charge in [-0.15, -0.1) is 45.5 Å². The van der Waals surface area contributed by atoms with Crippen LogP contribution >= 0.6 is 35.3 Å². The molecule has 1 aliphatic heterocycles. The molecule has 0 spiro atoms. The van der Waals surface area contributed by atoms with Crippen LogP contribution < -0.4 is 5.32 Å². The number of aromatic nitrogens is 3. The summed E-state index contributed by atoms with van der Waals surface area (Å²) in [5, 5.41) is 14.0. The Balaban J connectivity index is 0.00000280. The summed E-state index contributed by atoms with van der Waals surface area (Å²) in [6.07, 6.45) is 0. The molecule has 0 radical (unpaired) electrons. The summed E-state index contributed by atoms with van der Waals surface area (Å²) in [5.74, 6) is 3.48. The van der Waals surface area contributed by atoms with Crippen LogP contribution in [0.1, 0.15) is 30.4 Å². The first kappa shape index (κ1) is 23.1. The van der Waals surface area contributed by atoms with E-state index in [4.69, 9.17) is 4.99 Å². The van der Waals surface area contributed by atoms with Gasteiger partial charge in [0.15, 0.2) is 11.8 Å². The predicted octanol–water partition coefficient (Wildman–Crippen LogP) is 2.72. The standard InChI is InChI=1S/C19H31N7S.HI/c1-15(2)14-25-7-9-26(10-8-25)19(20-12-17-6-5-11-27-17)21-13-18-23-22-16(3)24(18)4;/h5-6,11,15H,7-10,12-14H2,1-4H3,(H,20,21);1H. The summed E-state index contributed by atoms with van der Waals surface area (Å²) in [6.45, 7) is 13.2. The van der Waals surface area contributed by atoms with Gasteiger partial charge in [-0.3, -0.25) is 4.90 Å². The Kier molecular flexibility index (Phi) is 9.16. The van der Waals surface area contributed by atoms with Gasteiger partial charge in [0, 0.05) is 44.6 Å². The highest BCUT2D eigenvalue weighted by Crippen LogP contribution is 2.10. The van der Waals surface area contributed by atoms with E-state index in [0.717, 1.165) is 50.3 Å². The maximum atomic E-state index is 4.87. The first-order chi connectivity index (χ1) is 13.0. The van der Waals surface area contributed by atoms with Crippen molar-refractivity contribution < 1.29 is 0 Å². The molecule has 0 aromatic carbocycles. The molecule has 2 aromatic heterocycles. The largest absolute Gasteiger partial charge is 0.351 e. The molecule has 1 aliphatic rings. The van der Waals surface area contributed by atoms with Crippen molar-refractivity contribution in [1.29, 1.82) is 0 Å². The van der Waals surface area contributed by atoms with E-state index in [1.54, 1.807) is 11.3 Å². The van der Waals surface area contributed by atoms with E-state index >= 15 is 0 Å². The Morgan fingerprint density at radius 3 is 2.57 bits per heavy atom. The minimum absolute atomic E-state index is 0. The van der Waals surface area contributed by atoms with Gasteiger partial charge in [0.05, 0.1) is 6.54 Å². The number of nitrogens with zero attached hydrogens (tertiary/aromatic N) is 6. The lowest BCUT2D eigenvalue weighted by molar-refractivity contribution is 0.163. The molecule has 0 atom stereocenters. The van der Waals surface area contributed by atoms with E-state index in [1.807, 2.05) is 18.5 Å². The van der Waals surface area contributed by atoms with Crippen molar-refractivity contribution in [3.8, 4) is 0 Å². The number of rotatable bonds is 6. The zero-order chi connectivity index (χ0) is 19.2. The van der Waals surface area contributed by atoms with E-state index in [-0.39, 0.29) is 24.0 Å². The second kappa shape index (κ2) is 11.1. The molecule has 3 rings (SSSR count). The monoisotopic (exact) mass is 517 g/mol. The third kappa shape index (κ3) is 6.41. The molecular formula is C19H32IN7S. The lowest BCUT2D eigenvalue weighted by atomic mass is 10.2. The minimum atomic E-state index is 0. The summed E-state index contributed by atoms with van der Waals surface area (Å²) in [6, 6.07) is 4.24. The predicted molar refractivity (Wildman–Crippen MR) is 126 cm³/mol. The van der Waals surface area contributed by atoms with Crippen LogP contribution in [0.2, 0.25) is 0 Å². The van der Waals surface area contributed by atoms with Crippen LogP contribution in [0.5, 0.6) is 0 Å². The van der Waals surface area contributed by atoms with Gasteiger partial charge in [-0.1, -0.05) is 19.9 Å². The highest BCUT2D eigenvalue weighted by molar-refractivity contribution is 14.0. The molecule has 0 bridgehead atoms. The second-order valence-corrected chi connectivity index (χ2v) is 8.51. The number of halogens is 1. The quantitative estimate of drug-likeness (QED) is 0.363. The zero-order valence-electron chi connectivity index (χ0n) is 17.3. The second-order valence-electron chi connectivity index (χ2n) is 7.48. The van der Waals surface area contributed by atoms with E-state index < -0.39 is 0 Å². The zero-order valence-corrected chi connectivity index (χ0v) is 20.4. The third-order valence-electron chi connectivity index (χ3n) is 4.85. The van der Waals surface area contributed by atoms with Gasteiger partial charge in [0.2, 0.25) is 0 Å². The molecule has 0 aliphatic carbocycles. The van der Waals surface area contributed by atoms with Crippen molar-refractivity contribution in [3.05, 3.63) is 34.0 Å². The van der Waals surface area contributed by atoms with E-state index in [9.17, 15) is 0 Å².